The molecule has 108 valence electrons. The Kier molecular flexibility index (Phi) is 3.98. The third-order valence-corrected chi connectivity index (χ3v) is 3.95. The summed E-state index contributed by atoms with van der Waals surface area (Å²) in [5.74, 6) is 1.59. The number of thiophene rings is 1. The molecular weight excluding hydrogens is 284 g/mol. The molecule has 0 fully saturated rings. The van der Waals surface area contributed by atoms with Gasteiger partial charge in [0.1, 0.15) is 0 Å². The number of nitrogens with zero attached hydrogens (tertiary/aromatic N) is 3. The minimum Gasteiger partial charge on any atom is -0.395 e. The van der Waals surface area contributed by atoms with Crippen LogP contribution in [0.3, 0.4) is 0 Å². The van der Waals surface area contributed by atoms with Crippen LogP contribution in [0.15, 0.2) is 41.8 Å². The molecule has 0 aliphatic heterocycles. The predicted molar refractivity (Wildman–Crippen MR) is 85.3 cm³/mol. The normalized spacial score (nSPS) is 10.8. The summed E-state index contributed by atoms with van der Waals surface area (Å²) < 4.78 is 1.80. The molecule has 5 nitrogen and oxygen atoms in total. The zero-order valence-corrected chi connectivity index (χ0v) is 12.5. The highest BCUT2D eigenvalue weighted by Gasteiger charge is 2.11. The van der Waals surface area contributed by atoms with Crippen LogP contribution in [0, 0.1) is 0 Å². The number of aliphatic hydroxyl groups excluding tert-OH is 1. The van der Waals surface area contributed by atoms with E-state index in [9.17, 15) is 0 Å². The molecule has 0 atom stereocenters. The minimum atomic E-state index is 0.120. The van der Waals surface area contributed by atoms with Gasteiger partial charge in [-0.1, -0.05) is 6.07 Å². The van der Waals surface area contributed by atoms with E-state index >= 15 is 0 Å². The number of rotatable bonds is 5. The molecular formula is C15H16N4OS. The lowest BCUT2D eigenvalue weighted by Crippen LogP contribution is -2.05. The summed E-state index contributed by atoms with van der Waals surface area (Å²) in [6.45, 7) is 0.668. The van der Waals surface area contributed by atoms with Crippen molar-refractivity contribution in [3.8, 4) is 22.1 Å². The third-order valence-electron chi connectivity index (χ3n) is 3.09. The molecule has 0 radical (unpaired) electrons. The Morgan fingerprint density at radius 1 is 1.24 bits per heavy atom. The lowest BCUT2D eigenvalue weighted by atomic mass is 10.2. The van der Waals surface area contributed by atoms with Crippen LogP contribution in [0.1, 0.15) is 0 Å². The first-order valence-electron chi connectivity index (χ1n) is 6.68. The van der Waals surface area contributed by atoms with E-state index in [4.69, 9.17) is 5.11 Å². The van der Waals surface area contributed by atoms with E-state index < -0.39 is 0 Å². The maximum atomic E-state index is 8.81. The first-order chi connectivity index (χ1) is 10.3. The van der Waals surface area contributed by atoms with Gasteiger partial charge in [-0.25, -0.2) is 9.67 Å². The highest BCUT2D eigenvalue weighted by molar-refractivity contribution is 7.13. The molecule has 0 unspecified atom stereocenters. The molecule has 0 bridgehead atoms. The molecule has 0 aliphatic carbocycles. The Hall–Kier alpha value is -2.18. The van der Waals surface area contributed by atoms with Gasteiger partial charge in [-0.05, 0) is 35.7 Å². The maximum absolute atomic E-state index is 8.81. The number of hydrogen-bond acceptors (Lipinski definition) is 5. The molecule has 2 N–H and O–H groups in total. The maximum Gasteiger partial charge on any atom is 0.191 e. The monoisotopic (exact) mass is 300 g/mol. The average molecular weight is 300 g/mol. The average Bonchev–Trinajstić information content (AvgIpc) is 3.15. The Labute approximate surface area is 126 Å². The quantitative estimate of drug-likeness (QED) is 0.760. The third kappa shape index (κ3) is 2.96. The highest BCUT2D eigenvalue weighted by atomic mass is 32.1. The van der Waals surface area contributed by atoms with Gasteiger partial charge < -0.3 is 10.4 Å². The topological polar surface area (TPSA) is 63.0 Å². The molecule has 3 aromatic rings. The second-order valence-electron chi connectivity index (χ2n) is 4.59. The second kappa shape index (κ2) is 6.07. The second-order valence-corrected chi connectivity index (χ2v) is 5.54. The van der Waals surface area contributed by atoms with E-state index in [1.807, 2.05) is 48.8 Å². The standard InChI is InChI=1S/C15H16N4OS/c1-19-15(17-14(18-19)13-3-2-10-21-13)11-4-6-12(7-5-11)16-8-9-20/h2-7,10,16,20H,8-9H2,1H3. The number of aromatic nitrogens is 3. The van der Waals surface area contributed by atoms with E-state index in [1.54, 1.807) is 16.0 Å². The van der Waals surface area contributed by atoms with Crippen molar-refractivity contribution < 1.29 is 5.11 Å². The molecule has 6 heteroatoms. The van der Waals surface area contributed by atoms with Crippen LogP contribution < -0.4 is 5.32 Å². The summed E-state index contributed by atoms with van der Waals surface area (Å²) in [6.07, 6.45) is 0. The molecule has 21 heavy (non-hydrogen) atoms. The van der Waals surface area contributed by atoms with Crippen LogP contribution >= 0.6 is 11.3 Å². The van der Waals surface area contributed by atoms with Crippen molar-refractivity contribution in [3.05, 3.63) is 41.8 Å². The molecule has 1 aromatic carbocycles. The summed E-state index contributed by atoms with van der Waals surface area (Å²) in [5, 5.41) is 18.4. The summed E-state index contributed by atoms with van der Waals surface area (Å²) in [4.78, 5) is 5.68. The van der Waals surface area contributed by atoms with Gasteiger partial charge in [0.05, 0.1) is 11.5 Å². The van der Waals surface area contributed by atoms with Crippen LogP contribution in [-0.4, -0.2) is 33.0 Å². The van der Waals surface area contributed by atoms with E-state index in [2.05, 4.69) is 15.4 Å². The van der Waals surface area contributed by atoms with Crippen molar-refractivity contribution in [2.24, 2.45) is 7.05 Å². The largest absolute Gasteiger partial charge is 0.395 e. The first-order valence-corrected chi connectivity index (χ1v) is 7.56. The van der Waals surface area contributed by atoms with Crippen molar-refractivity contribution in [1.29, 1.82) is 0 Å². The van der Waals surface area contributed by atoms with Crippen LogP contribution in [0.5, 0.6) is 0 Å². The van der Waals surface area contributed by atoms with Crippen LogP contribution in [0.4, 0.5) is 5.69 Å². The zero-order valence-electron chi connectivity index (χ0n) is 11.7. The van der Waals surface area contributed by atoms with Gasteiger partial charge >= 0.3 is 0 Å². The lowest BCUT2D eigenvalue weighted by Gasteiger charge is -2.05. The Morgan fingerprint density at radius 3 is 2.71 bits per heavy atom. The van der Waals surface area contributed by atoms with Crippen molar-refractivity contribution >= 4 is 17.0 Å². The number of aliphatic hydroxyl groups is 1. The van der Waals surface area contributed by atoms with E-state index in [-0.39, 0.29) is 6.61 Å². The summed E-state index contributed by atoms with van der Waals surface area (Å²) in [6, 6.07) is 12.0. The fourth-order valence-corrected chi connectivity index (χ4v) is 2.74. The first kappa shape index (κ1) is 13.8. The number of aryl methyl sites for hydroxylation is 1. The van der Waals surface area contributed by atoms with Gasteiger partial charge in [0.2, 0.25) is 0 Å². The molecule has 0 amide bonds. The molecule has 0 aliphatic rings. The molecule has 0 saturated heterocycles. The van der Waals surface area contributed by atoms with Gasteiger partial charge in [-0.2, -0.15) is 0 Å². The molecule has 3 rings (SSSR count). The Balaban J connectivity index is 1.86. The predicted octanol–water partition coefficient (Wildman–Crippen LogP) is 2.61. The molecule has 2 aromatic heterocycles. The van der Waals surface area contributed by atoms with Gasteiger partial charge in [0.15, 0.2) is 11.6 Å². The van der Waals surface area contributed by atoms with E-state index in [0.717, 1.165) is 27.8 Å². The minimum absolute atomic E-state index is 0.120. The van der Waals surface area contributed by atoms with Crippen molar-refractivity contribution in [3.63, 3.8) is 0 Å². The zero-order chi connectivity index (χ0) is 14.7. The molecule has 2 heterocycles. The summed E-state index contributed by atoms with van der Waals surface area (Å²) in [7, 11) is 1.90. The van der Waals surface area contributed by atoms with Crippen LogP contribution in [0.25, 0.3) is 22.1 Å². The van der Waals surface area contributed by atoms with Crippen LogP contribution in [-0.2, 0) is 7.05 Å². The SMILES string of the molecule is Cn1nc(-c2cccs2)nc1-c1ccc(NCCO)cc1. The molecule has 0 spiro atoms. The Morgan fingerprint density at radius 2 is 2.05 bits per heavy atom. The van der Waals surface area contributed by atoms with Crippen molar-refractivity contribution in [2.45, 2.75) is 0 Å². The summed E-state index contributed by atoms with van der Waals surface area (Å²) in [5.41, 5.74) is 2.00. The van der Waals surface area contributed by atoms with Gasteiger partial charge in [0.25, 0.3) is 0 Å². The summed E-state index contributed by atoms with van der Waals surface area (Å²) >= 11 is 1.63. The van der Waals surface area contributed by atoms with Crippen molar-refractivity contribution in [1.82, 2.24) is 14.8 Å². The highest BCUT2D eigenvalue weighted by Crippen LogP contribution is 2.25. The fourth-order valence-electron chi connectivity index (χ4n) is 2.08. The number of anilines is 1. The van der Waals surface area contributed by atoms with Gasteiger partial charge in [-0.15, -0.1) is 16.4 Å². The van der Waals surface area contributed by atoms with E-state index in [1.165, 1.54) is 0 Å². The molecule has 0 saturated carbocycles. The van der Waals surface area contributed by atoms with Gasteiger partial charge in [0, 0.05) is 24.8 Å². The number of hydrogen-bond donors (Lipinski definition) is 2. The smallest absolute Gasteiger partial charge is 0.191 e. The Bertz CT molecular complexity index is 704. The lowest BCUT2D eigenvalue weighted by molar-refractivity contribution is 0.311. The van der Waals surface area contributed by atoms with Crippen LogP contribution in [0.2, 0.25) is 0 Å². The number of benzene rings is 1. The van der Waals surface area contributed by atoms with Gasteiger partial charge in [-0.3, -0.25) is 0 Å². The number of nitrogens with one attached hydrogen (secondary N) is 1. The van der Waals surface area contributed by atoms with Crippen molar-refractivity contribution in [2.75, 3.05) is 18.5 Å². The fraction of sp³-hybridized carbons (Fsp3) is 0.200. The van der Waals surface area contributed by atoms with E-state index in [0.29, 0.717) is 6.54 Å².